The Kier molecular flexibility index (Phi) is 5.46. The van der Waals surface area contributed by atoms with E-state index in [9.17, 15) is 14.0 Å². The summed E-state index contributed by atoms with van der Waals surface area (Å²) in [6, 6.07) is 11.9. The highest BCUT2D eigenvalue weighted by Crippen LogP contribution is 2.16. The lowest BCUT2D eigenvalue weighted by Gasteiger charge is -2.10. The van der Waals surface area contributed by atoms with E-state index in [0.29, 0.717) is 11.3 Å². The number of carbonyl (C=O) groups is 2. The Morgan fingerprint density at radius 1 is 1.04 bits per heavy atom. The van der Waals surface area contributed by atoms with E-state index >= 15 is 0 Å². The van der Waals surface area contributed by atoms with E-state index in [1.807, 2.05) is 32.0 Å². The Balaban J connectivity index is 1.86. The quantitative estimate of drug-likeness (QED) is 0.833. The molecule has 23 heavy (non-hydrogen) atoms. The van der Waals surface area contributed by atoms with E-state index in [2.05, 4.69) is 10.6 Å². The van der Waals surface area contributed by atoms with Crippen molar-refractivity contribution in [1.29, 1.82) is 0 Å². The third-order valence-electron chi connectivity index (χ3n) is 3.42. The molecule has 0 heterocycles. The van der Waals surface area contributed by atoms with Crippen LogP contribution in [0.15, 0.2) is 42.5 Å². The van der Waals surface area contributed by atoms with Gasteiger partial charge in [0.05, 0.1) is 0 Å². The van der Waals surface area contributed by atoms with Crippen molar-refractivity contribution >= 4 is 17.5 Å². The first-order valence-electron chi connectivity index (χ1n) is 7.33. The van der Waals surface area contributed by atoms with Gasteiger partial charge in [-0.05, 0) is 37.1 Å². The lowest BCUT2D eigenvalue weighted by atomic mass is 10.1. The fourth-order valence-electron chi connectivity index (χ4n) is 2.11. The summed E-state index contributed by atoms with van der Waals surface area (Å²) in [6.07, 6.45) is -0.304. The highest BCUT2D eigenvalue weighted by Gasteiger charge is 2.11. The molecule has 0 fully saturated rings. The molecule has 0 bridgehead atoms. The zero-order chi connectivity index (χ0) is 16.8. The van der Waals surface area contributed by atoms with Crippen molar-refractivity contribution in [3.63, 3.8) is 0 Å². The van der Waals surface area contributed by atoms with Gasteiger partial charge in [0, 0.05) is 17.8 Å². The number of benzene rings is 2. The molecule has 2 aromatic rings. The van der Waals surface area contributed by atoms with E-state index in [0.717, 1.165) is 11.1 Å². The van der Waals surface area contributed by atoms with Crippen molar-refractivity contribution < 1.29 is 14.0 Å². The molecule has 2 rings (SSSR count). The maximum absolute atomic E-state index is 13.4. The molecule has 2 N–H and O–H groups in total. The van der Waals surface area contributed by atoms with Crippen molar-refractivity contribution in [3.8, 4) is 0 Å². The first kappa shape index (κ1) is 16.7. The first-order valence-corrected chi connectivity index (χ1v) is 7.33. The summed E-state index contributed by atoms with van der Waals surface area (Å²) < 4.78 is 13.4. The van der Waals surface area contributed by atoms with Gasteiger partial charge in [0.15, 0.2) is 0 Å². The number of hydrogen-bond donors (Lipinski definition) is 2. The summed E-state index contributed by atoms with van der Waals surface area (Å²) in [6.45, 7) is 3.87. The topological polar surface area (TPSA) is 58.2 Å². The molecule has 0 aliphatic rings. The maximum Gasteiger partial charge on any atom is 0.233 e. The van der Waals surface area contributed by atoms with Gasteiger partial charge < -0.3 is 10.6 Å². The molecular weight excluding hydrogens is 295 g/mol. The monoisotopic (exact) mass is 314 g/mol. The number of anilines is 1. The minimum atomic E-state index is -0.448. The van der Waals surface area contributed by atoms with E-state index in [1.165, 1.54) is 6.07 Å². The lowest BCUT2D eigenvalue weighted by Crippen LogP contribution is -2.28. The Morgan fingerprint density at radius 3 is 2.52 bits per heavy atom. The molecule has 0 aliphatic heterocycles. The lowest BCUT2D eigenvalue weighted by molar-refractivity contribution is -0.126. The van der Waals surface area contributed by atoms with Gasteiger partial charge >= 0.3 is 0 Å². The molecular formula is C18H19FN2O2. The highest BCUT2D eigenvalue weighted by molar-refractivity contribution is 6.03. The van der Waals surface area contributed by atoms with Gasteiger partial charge in [-0.3, -0.25) is 9.59 Å². The van der Waals surface area contributed by atoms with Gasteiger partial charge in [0.2, 0.25) is 11.8 Å². The van der Waals surface area contributed by atoms with Crippen molar-refractivity contribution in [2.24, 2.45) is 0 Å². The van der Waals surface area contributed by atoms with E-state index in [1.54, 1.807) is 18.2 Å². The van der Waals surface area contributed by atoms with Crippen LogP contribution in [-0.2, 0) is 16.1 Å². The second-order valence-electron chi connectivity index (χ2n) is 5.41. The van der Waals surface area contributed by atoms with Crippen LogP contribution in [0.2, 0.25) is 0 Å². The van der Waals surface area contributed by atoms with Gasteiger partial charge in [-0.15, -0.1) is 0 Å². The highest BCUT2D eigenvalue weighted by atomic mass is 19.1. The van der Waals surface area contributed by atoms with E-state index in [4.69, 9.17) is 0 Å². The predicted octanol–water partition coefficient (Wildman–Crippen LogP) is 3.09. The second kappa shape index (κ2) is 7.54. The summed E-state index contributed by atoms with van der Waals surface area (Å²) in [5.41, 5.74) is 3.03. The molecule has 0 aromatic heterocycles. The summed E-state index contributed by atoms with van der Waals surface area (Å²) in [5.74, 6) is -1.23. The van der Waals surface area contributed by atoms with Crippen LogP contribution < -0.4 is 10.6 Å². The van der Waals surface area contributed by atoms with Crippen LogP contribution in [0.3, 0.4) is 0 Å². The number of carbonyl (C=O) groups excluding carboxylic acids is 2. The average Bonchev–Trinajstić information content (AvgIpc) is 2.50. The molecule has 5 heteroatoms. The third kappa shape index (κ3) is 4.92. The Hall–Kier alpha value is -2.69. The molecule has 0 unspecified atom stereocenters. The molecule has 2 amide bonds. The minimum absolute atomic E-state index is 0.0578. The Labute approximate surface area is 134 Å². The minimum Gasteiger partial charge on any atom is -0.351 e. The number of nitrogens with one attached hydrogen (secondary N) is 2. The van der Waals surface area contributed by atoms with Gasteiger partial charge in [0.25, 0.3) is 0 Å². The molecule has 0 saturated carbocycles. The maximum atomic E-state index is 13.4. The van der Waals surface area contributed by atoms with Gasteiger partial charge in [0.1, 0.15) is 12.2 Å². The van der Waals surface area contributed by atoms with Crippen LogP contribution in [0.1, 0.15) is 23.1 Å². The van der Waals surface area contributed by atoms with Crippen molar-refractivity contribution in [1.82, 2.24) is 5.32 Å². The zero-order valence-electron chi connectivity index (χ0n) is 13.2. The zero-order valence-corrected chi connectivity index (χ0v) is 13.2. The molecule has 0 atom stereocenters. The Bertz CT molecular complexity index is 729. The first-order chi connectivity index (χ1) is 11.0. The fraction of sp³-hybridized carbons (Fsp3) is 0.222. The van der Waals surface area contributed by atoms with E-state index < -0.39 is 11.8 Å². The van der Waals surface area contributed by atoms with Crippen LogP contribution in [0.4, 0.5) is 10.1 Å². The third-order valence-corrected chi connectivity index (χ3v) is 3.42. The summed E-state index contributed by atoms with van der Waals surface area (Å²) in [4.78, 5) is 23.7. The SMILES string of the molecule is Cc1ccc(C)c(NC(=O)CC(=O)NCc2ccccc2F)c1. The summed E-state index contributed by atoms with van der Waals surface area (Å²) >= 11 is 0. The van der Waals surface area contributed by atoms with Gasteiger partial charge in [-0.2, -0.15) is 0 Å². The predicted molar refractivity (Wildman–Crippen MR) is 87.4 cm³/mol. The van der Waals surface area contributed by atoms with Crippen molar-refractivity contribution in [2.75, 3.05) is 5.32 Å². The smallest absolute Gasteiger partial charge is 0.233 e. The number of aryl methyl sites for hydroxylation is 2. The van der Waals surface area contributed by atoms with Crippen LogP contribution in [0.25, 0.3) is 0 Å². The fourth-order valence-corrected chi connectivity index (χ4v) is 2.11. The van der Waals surface area contributed by atoms with Crippen LogP contribution in [0, 0.1) is 19.7 Å². The molecule has 0 spiro atoms. The standard InChI is InChI=1S/C18H19FN2O2/c1-12-7-8-13(2)16(9-12)21-18(23)10-17(22)20-11-14-5-3-4-6-15(14)19/h3-9H,10-11H2,1-2H3,(H,20,22)(H,21,23). The van der Waals surface area contributed by atoms with Crippen LogP contribution >= 0.6 is 0 Å². The van der Waals surface area contributed by atoms with E-state index in [-0.39, 0.29) is 18.8 Å². The average molecular weight is 314 g/mol. The van der Waals surface area contributed by atoms with Gasteiger partial charge in [-0.1, -0.05) is 30.3 Å². The second-order valence-corrected chi connectivity index (χ2v) is 5.41. The molecule has 0 radical (unpaired) electrons. The molecule has 0 aliphatic carbocycles. The number of amides is 2. The number of hydrogen-bond acceptors (Lipinski definition) is 2. The summed E-state index contributed by atoms with van der Waals surface area (Å²) in [7, 11) is 0. The molecule has 120 valence electrons. The normalized spacial score (nSPS) is 10.2. The Morgan fingerprint density at radius 2 is 1.78 bits per heavy atom. The van der Waals surface area contributed by atoms with Crippen molar-refractivity contribution in [2.45, 2.75) is 26.8 Å². The largest absolute Gasteiger partial charge is 0.351 e. The number of rotatable bonds is 5. The molecule has 2 aromatic carbocycles. The van der Waals surface area contributed by atoms with Gasteiger partial charge in [-0.25, -0.2) is 4.39 Å². The number of halogens is 1. The van der Waals surface area contributed by atoms with Crippen molar-refractivity contribution in [3.05, 3.63) is 65.0 Å². The summed E-state index contributed by atoms with van der Waals surface area (Å²) in [5, 5.41) is 5.26. The molecule has 4 nitrogen and oxygen atoms in total. The van der Waals surface area contributed by atoms with Crippen LogP contribution in [0.5, 0.6) is 0 Å². The van der Waals surface area contributed by atoms with Crippen LogP contribution in [-0.4, -0.2) is 11.8 Å². The molecule has 0 saturated heterocycles.